The number of aromatic nitrogens is 4. The number of aryl methyl sites for hydroxylation is 1. The fourth-order valence-corrected chi connectivity index (χ4v) is 4.55. The van der Waals surface area contributed by atoms with Crippen LogP contribution in [0.1, 0.15) is 54.9 Å². The third-order valence-corrected chi connectivity index (χ3v) is 6.61. The van der Waals surface area contributed by atoms with Crippen LogP contribution in [0, 0.1) is 12.7 Å². The summed E-state index contributed by atoms with van der Waals surface area (Å²) in [5.41, 5.74) is 0.0353. The van der Waals surface area contributed by atoms with Crippen LogP contribution in [-0.4, -0.2) is 38.4 Å². The Hall–Kier alpha value is -3.73. The van der Waals surface area contributed by atoms with E-state index in [1.54, 1.807) is 38.4 Å². The Morgan fingerprint density at radius 1 is 1.11 bits per heavy atom. The molecule has 2 N–H and O–H groups in total. The molecule has 1 saturated heterocycles. The van der Waals surface area contributed by atoms with E-state index in [1.165, 1.54) is 12.1 Å². The topological polar surface area (TPSA) is 100 Å². The smallest absolute Gasteiger partial charge is 0.318 e. The SMILES string of the molecule is Cc1nnc(N2CCC(O)(c3cc4c(N[C@H](C)c5cccc(C(F)F)c5F)ccnc4cn3)CC2)o1. The van der Waals surface area contributed by atoms with E-state index in [0.29, 0.717) is 60.1 Å². The van der Waals surface area contributed by atoms with Gasteiger partial charge in [0.2, 0.25) is 5.89 Å². The molecule has 0 unspecified atom stereocenters. The Labute approximate surface area is 205 Å². The molecule has 0 bridgehead atoms. The first-order valence-electron chi connectivity index (χ1n) is 11.6. The van der Waals surface area contributed by atoms with E-state index < -0.39 is 29.4 Å². The number of anilines is 2. The molecular formula is C25H25F3N6O2. The number of fused-ring (bicyclic) bond motifs is 1. The van der Waals surface area contributed by atoms with Crippen LogP contribution in [0.5, 0.6) is 0 Å². The van der Waals surface area contributed by atoms with Gasteiger partial charge in [0, 0.05) is 42.8 Å². The van der Waals surface area contributed by atoms with Crippen molar-refractivity contribution in [1.29, 1.82) is 0 Å². The normalized spacial score (nSPS) is 16.5. The molecule has 1 fully saturated rings. The predicted molar refractivity (Wildman–Crippen MR) is 127 cm³/mol. The summed E-state index contributed by atoms with van der Waals surface area (Å²) in [6.07, 6.45) is 1.08. The van der Waals surface area contributed by atoms with Crippen LogP contribution in [0.4, 0.5) is 24.9 Å². The molecule has 3 aromatic heterocycles. The van der Waals surface area contributed by atoms with Gasteiger partial charge < -0.3 is 19.7 Å². The van der Waals surface area contributed by atoms with Gasteiger partial charge in [-0.25, -0.2) is 13.2 Å². The Morgan fingerprint density at radius 3 is 2.56 bits per heavy atom. The van der Waals surface area contributed by atoms with Gasteiger partial charge >= 0.3 is 6.01 Å². The Morgan fingerprint density at radius 2 is 1.86 bits per heavy atom. The fraction of sp³-hybridized carbons (Fsp3) is 0.360. The minimum absolute atomic E-state index is 0.134. The Balaban J connectivity index is 1.40. The summed E-state index contributed by atoms with van der Waals surface area (Å²) in [6, 6.07) is 7.31. The molecule has 0 spiro atoms. The van der Waals surface area contributed by atoms with Crippen LogP contribution in [-0.2, 0) is 5.60 Å². The molecule has 188 valence electrons. The molecule has 1 aromatic carbocycles. The number of halogens is 3. The maximum absolute atomic E-state index is 14.7. The predicted octanol–water partition coefficient (Wildman–Crippen LogP) is 5.06. The molecule has 1 aliphatic heterocycles. The standard InChI is InChI=1S/C25H25F3N6O2/c1-14(16-4-3-5-17(22(16)26)23(27)28)31-19-6-9-29-20-13-30-21(12-18(19)20)25(35)7-10-34(11-8-25)24-33-32-15(2)36-24/h3-6,9,12-14,23,35H,7-8,10-11H2,1-2H3,(H,29,31)/t14-/m1/s1. The number of hydrogen-bond acceptors (Lipinski definition) is 8. The van der Waals surface area contributed by atoms with Gasteiger partial charge in [0.25, 0.3) is 6.43 Å². The number of nitrogens with zero attached hydrogens (tertiary/aromatic N) is 5. The van der Waals surface area contributed by atoms with Crippen molar-refractivity contribution in [3.05, 3.63) is 71.3 Å². The number of nitrogens with one attached hydrogen (secondary N) is 1. The minimum Gasteiger partial charge on any atom is -0.408 e. The van der Waals surface area contributed by atoms with E-state index in [4.69, 9.17) is 4.42 Å². The molecule has 8 nitrogen and oxygen atoms in total. The zero-order valence-electron chi connectivity index (χ0n) is 19.8. The first-order valence-corrected chi connectivity index (χ1v) is 11.6. The van der Waals surface area contributed by atoms with Crippen LogP contribution in [0.3, 0.4) is 0 Å². The van der Waals surface area contributed by atoms with Crippen molar-refractivity contribution in [3.63, 3.8) is 0 Å². The van der Waals surface area contributed by atoms with E-state index in [1.807, 2.05) is 4.90 Å². The minimum atomic E-state index is -2.90. The maximum Gasteiger partial charge on any atom is 0.318 e. The highest BCUT2D eigenvalue weighted by Crippen LogP contribution is 2.36. The fourth-order valence-electron chi connectivity index (χ4n) is 4.55. The number of benzene rings is 1. The third kappa shape index (κ3) is 4.46. The van der Waals surface area contributed by atoms with Gasteiger partial charge in [0.05, 0.1) is 29.0 Å². The maximum atomic E-state index is 14.7. The number of pyridine rings is 2. The van der Waals surface area contributed by atoms with Gasteiger partial charge in [-0.05, 0) is 31.9 Å². The van der Waals surface area contributed by atoms with Crippen molar-refractivity contribution in [1.82, 2.24) is 20.2 Å². The first-order chi connectivity index (χ1) is 17.2. The largest absolute Gasteiger partial charge is 0.408 e. The highest BCUT2D eigenvalue weighted by atomic mass is 19.3. The van der Waals surface area contributed by atoms with Crippen LogP contribution in [0.25, 0.3) is 10.9 Å². The molecule has 4 aromatic rings. The van der Waals surface area contributed by atoms with Crippen LogP contribution in [0.2, 0.25) is 0 Å². The molecule has 0 aliphatic carbocycles. The molecule has 0 saturated carbocycles. The molecule has 11 heteroatoms. The summed E-state index contributed by atoms with van der Waals surface area (Å²) in [5.74, 6) is -0.449. The summed E-state index contributed by atoms with van der Waals surface area (Å²) >= 11 is 0. The number of rotatable bonds is 6. The van der Waals surface area contributed by atoms with Gasteiger partial charge in [0.1, 0.15) is 11.4 Å². The number of hydrogen-bond donors (Lipinski definition) is 2. The molecule has 1 atom stereocenters. The molecular weight excluding hydrogens is 473 g/mol. The Bertz CT molecular complexity index is 1390. The molecule has 5 rings (SSSR count). The van der Waals surface area contributed by atoms with Gasteiger partial charge in [0.15, 0.2) is 0 Å². The average Bonchev–Trinajstić information content (AvgIpc) is 3.30. The van der Waals surface area contributed by atoms with Crippen molar-refractivity contribution < 1.29 is 22.7 Å². The lowest BCUT2D eigenvalue weighted by atomic mass is 9.87. The lowest BCUT2D eigenvalue weighted by Crippen LogP contribution is -2.43. The van der Waals surface area contributed by atoms with E-state index in [0.717, 1.165) is 6.07 Å². The molecule has 1 aliphatic rings. The third-order valence-electron chi connectivity index (χ3n) is 6.61. The van der Waals surface area contributed by atoms with Crippen molar-refractivity contribution in [2.24, 2.45) is 0 Å². The number of aliphatic hydroxyl groups is 1. The molecule has 4 heterocycles. The summed E-state index contributed by atoms with van der Waals surface area (Å²) in [4.78, 5) is 10.7. The van der Waals surface area contributed by atoms with Crippen LogP contribution < -0.4 is 10.2 Å². The quantitative estimate of drug-likeness (QED) is 0.381. The van der Waals surface area contributed by atoms with Crippen molar-refractivity contribution in [3.8, 4) is 0 Å². The summed E-state index contributed by atoms with van der Waals surface area (Å²) in [7, 11) is 0. The van der Waals surface area contributed by atoms with E-state index in [2.05, 4.69) is 25.5 Å². The lowest BCUT2D eigenvalue weighted by Gasteiger charge is -2.37. The van der Waals surface area contributed by atoms with Gasteiger partial charge in [-0.2, -0.15) is 0 Å². The van der Waals surface area contributed by atoms with E-state index in [9.17, 15) is 18.3 Å². The average molecular weight is 499 g/mol. The van der Waals surface area contributed by atoms with Gasteiger partial charge in [-0.3, -0.25) is 9.97 Å². The first kappa shape index (κ1) is 24.0. The molecule has 0 amide bonds. The second-order valence-corrected chi connectivity index (χ2v) is 8.98. The van der Waals surface area contributed by atoms with Gasteiger partial charge in [-0.1, -0.05) is 23.3 Å². The van der Waals surface area contributed by atoms with Gasteiger partial charge in [-0.15, -0.1) is 5.10 Å². The zero-order valence-corrected chi connectivity index (χ0v) is 19.8. The van der Waals surface area contributed by atoms with Crippen LogP contribution >= 0.6 is 0 Å². The van der Waals surface area contributed by atoms with Crippen molar-refractivity contribution in [2.75, 3.05) is 23.3 Å². The molecule has 36 heavy (non-hydrogen) atoms. The summed E-state index contributed by atoms with van der Waals surface area (Å²) in [6.45, 7) is 4.43. The Kier molecular flexibility index (Phi) is 6.25. The van der Waals surface area contributed by atoms with E-state index >= 15 is 0 Å². The molecule has 0 radical (unpaired) electrons. The lowest BCUT2D eigenvalue weighted by molar-refractivity contribution is 0.00702. The second-order valence-electron chi connectivity index (χ2n) is 8.98. The highest BCUT2D eigenvalue weighted by Gasteiger charge is 2.37. The van der Waals surface area contributed by atoms with E-state index in [-0.39, 0.29) is 5.56 Å². The van der Waals surface area contributed by atoms with Crippen molar-refractivity contribution >= 4 is 22.6 Å². The zero-order chi connectivity index (χ0) is 25.4. The second kappa shape index (κ2) is 9.38. The highest BCUT2D eigenvalue weighted by molar-refractivity contribution is 5.91. The monoisotopic (exact) mass is 498 g/mol. The van der Waals surface area contributed by atoms with Crippen molar-refractivity contribution in [2.45, 2.75) is 44.8 Å². The number of piperidine rings is 1. The number of alkyl halides is 2. The summed E-state index contributed by atoms with van der Waals surface area (Å²) in [5, 5.41) is 23.2. The summed E-state index contributed by atoms with van der Waals surface area (Å²) < 4.78 is 46.5. The van der Waals surface area contributed by atoms with Crippen LogP contribution in [0.15, 0.2) is 47.1 Å².